The Morgan fingerprint density at radius 2 is 2.05 bits per heavy atom. The molecule has 1 amide bonds. The van der Waals surface area contributed by atoms with E-state index in [2.05, 4.69) is 20.8 Å². The number of hydrogen-bond acceptors (Lipinski definition) is 3. The number of rotatable bonds is 7. The van der Waals surface area contributed by atoms with Crippen LogP contribution in [-0.4, -0.2) is 42.6 Å². The molecule has 2 N–H and O–H groups in total. The highest BCUT2D eigenvalue weighted by atomic mass is 35.5. The van der Waals surface area contributed by atoms with Gasteiger partial charge in [0.2, 0.25) is 5.91 Å². The molecule has 1 aliphatic rings. The summed E-state index contributed by atoms with van der Waals surface area (Å²) in [5, 5.41) is 0. The van der Waals surface area contributed by atoms with E-state index in [0.717, 1.165) is 32.4 Å². The first-order valence-electron chi connectivity index (χ1n) is 7.61. The molecular weight excluding hydrogens is 276 g/mol. The number of carbonyl (C=O) groups excluding carboxylic acids is 1. The fraction of sp³-hybridized carbons (Fsp3) is 0.933. The lowest BCUT2D eigenvalue weighted by atomic mass is 9.99. The van der Waals surface area contributed by atoms with Gasteiger partial charge in [-0.25, -0.2) is 0 Å². The molecule has 5 heteroatoms. The molecule has 1 fully saturated rings. The highest BCUT2D eigenvalue weighted by molar-refractivity contribution is 5.85. The molecule has 20 heavy (non-hydrogen) atoms. The van der Waals surface area contributed by atoms with Crippen LogP contribution in [0.5, 0.6) is 0 Å². The van der Waals surface area contributed by atoms with Gasteiger partial charge in [0, 0.05) is 19.7 Å². The van der Waals surface area contributed by atoms with Crippen molar-refractivity contribution in [2.45, 2.75) is 59.1 Å². The van der Waals surface area contributed by atoms with Crippen molar-refractivity contribution < 1.29 is 9.53 Å². The van der Waals surface area contributed by atoms with E-state index in [9.17, 15) is 4.79 Å². The monoisotopic (exact) mass is 306 g/mol. The normalized spacial score (nSPS) is 21.7. The van der Waals surface area contributed by atoms with Crippen LogP contribution in [0.25, 0.3) is 0 Å². The summed E-state index contributed by atoms with van der Waals surface area (Å²) in [6.45, 7) is 10.8. The van der Waals surface area contributed by atoms with Crippen molar-refractivity contribution in [3.63, 3.8) is 0 Å². The van der Waals surface area contributed by atoms with E-state index in [1.165, 1.54) is 0 Å². The SMILES string of the molecule is CCC(C)C(N)C(=O)N1CCC(OCCC(C)C)C1.Cl. The molecular formula is C15H31ClN2O2. The summed E-state index contributed by atoms with van der Waals surface area (Å²) in [5.74, 6) is 0.996. The van der Waals surface area contributed by atoms with Gasteiger partial charge in [0.15, 0.2) is 0 Å². The maximum Gasteiger partial charge on any atom is 0.239 e. The Bertz CT molecular complexity index is 287. The molecule has 0 spiro atoms. The summed E-state index contributed by atoms with van der Waals surface area (Å²) in [6.07, 6.45) is 3.16. The van der Waals surface area contributed by atoms with Gasteiger partial charge in [-0.05, 0) is 24.7 Å². The Kier molecular flexibility index (Phi) is 9.43. The van der Waals surface area contributed by atoms with Crippen LogP contribution in [0.3, 0.4) is 0 Å². The summed E-state index contributed by atoms with van der Waals surface area (Å²) < 4.78 is 5.83. The third kappa shape index (κ3) is 5.98. The molecule has 0 aromatic carbocycles. The second-order valence-corrected chi connectivity index (χ2v) is 6.16. The van der Waals surface area contributed by atoms with Crippen molar-refractivity contribution in [2.75, 3.05) is 19.7 Å². The first-order chi connectivity index (χ1) is 8.95. The van der Waals surface area contributed by atoms with Crippen LogP contribution in [0, 0.1) is 11.8 Å². The topological polar surface area (TPSA) is 55.6 Å². The van der Waals surface area contributed by atoms with E-state index < -0.39 is 0 Å². The summed E-state index contributed by atoms with van der Waals surface area (Å²) in [6, 6.07) is -0.362. The zero-order valence-electron chi connectivity index (χ0n) is 13.3. The van der Waals surface area contributed by atoms with Crippen LogP contribution in [0.1, 0.15) is 47.0 Å². The first kappa shape index (κ1) is 19.7. The molecule has 120 valence electrons. The third-order valence-corrected chi connectivity index (χ3v) is 4.05. The molecule has 0 radical (unpaired) electrons. The van der Waals surface area contributed by atoms with E-state index in [4.69, 9.17) is 10.5 Å². The molecule has 1 aliphatic heterocycles. The summed E-state index contributed by atoms with van der Waals surface area (Å²) in [5.41, 5.74) is 6.00. The Hall–Kier alpha value is -0.320. The van der Waals surface area contributed by atoms with Gasteiger partial charge in [-0.15, -0.1) is 12.4 Å². The van der Waals surface area contributed by atoms with Gasteiger partial charge in [0.25, 0.3) is 0 Å². The first-order valence-corrected chi connectivity index (χ1v) is 7.61. The van der Waals surface area contributed by atoms with Crippen LogP contribution in [0.4, 0.5) is 0 Å². The van der Waals surface area contributed by atoms with Crippen LogP contribution in [-0.2, 0) is 9.53 Å². The van der Waals surface area contributed by atoms with Crippen LogP contribution in [0.15, 0.2) is 0 Å². The summed E-state index contributed by atoms with van der Waals surface area (Å²) in [4.78, 5) is 14.1. The zero-order chi connectivity index (χ0) is 14.4. The average molecular weight is 307 g/mol. The van der Waals surface area contributed by atoms with Crippen molar-refractivity contribution in [3.05, 3.63) is 0 Å². The predicted molar refractivity (Wildman–Crippen MR) is 85.1 cm³/mol. The van der Waals surface area contributed by atoms with Crippen molar-refractivity contribution in [3.8, 4) is 0 Å². The molecule has 0 aliphatic carbocycles. The molecule has 1 heterocycles. The Morgan fingerprint density at radius 1 is 1.40 bits per heavy atom. The van der Waals surface area contributed by atoms with Crippen molar-refractivity contribution in [2.24, 2.45) is 17.6 Å². The van der Waals surface area contributed by atoms with Crippen LogP contribution >= 0.6 is 12.4 Å². The Labute approximate surface area is 129 Å². The Balaban J connectivity index is 0.00000361. The second kappa shape index (κ2) is 9.59. The van der Waals surface area contributed by atoms with E-state index in [1.807, 2.05) is 11.8 Å². The minimum absolute atomic E-state index is 0. The molecule has 3 unspecified atom stereocenters. The van der Waals surface area contributed by atoms with Gasteiger partial charge >= 0.3 is 0 Å². The lowest BCUT2D eigenvalue weighted by molar-refractivity contribution is -0.133. The highest BCUT2D eigenvalue weighted by Crippen LogP contribution is 2.17. The smallest absolute Gasteiger partial charge is 0.239 e. The van der Waals surface area contributed by atoms with E-state index in [-0.39, 0.29) is 36.4 Å². The molecule has 4 nitrogen and oxygen atoms in total. The molecule has 0 aromatic rings. The number of carbonyl (C=O) groups is 1. The summed E-state index contributed by atoms with van der Waals surface area (Å²) in [7, 11) is 0. The summed E-state index contributed by atoms with van der Waals surface area (Å²) >= 11 is 0. The van der Waals surface area contributed by atoms with E-state index in [1.54, 1.807) is 0 Å². The van der Waals surface area contributed by atoms with Gasteiger partial charge in [0.1, 0.15) is 0 Å². The number of likely N-dealkylation sites (tertiary alicyclic amines) is 1. The standard InChI is InChI=1S/C15H30N2O2.ClH/c1-5-12(4)14(16)15(18)17-8-6-13(10-17)19-9-7-11(2)3;/h11-14H,5-10,16H2,1-4H3;1H. The maximum absolute atomic E-state index is 12.2. The number of nitrogens with two attached hydrogens (primary N) is 1. The number of ether oxygens (including phenoxy) is 1. The highest BCUT2D eigenvalue weighted by Gasteiger charge is 2.31. The molecule has 1 saturated heterocycles. The van der Waals surface area contributed by atoms with Crippen molar-refractivity contribution >= 4 is 18.3 Å². The number of nitrogens with zero attached hydrogens (tertiary/aromatic N) is 1. The average Bonchev–Trinajstić information content (AvgIpc) is 2.84. The lowest BCUT2D eigenvalue weighted by Gasteiger charge is -2.24. The quantitative estimate of drug-likeness (QED) is 0.786. The van der Waals surface area contributed by atoms with Gasteiger partial charge < -0.3 is 15.4 Å². The van der Waals surface area contributed by atoms with Gasteiger partial charge in [0.05, 0.1) is 12.1 Å². The van der Waals surface area contributed by atoms with Crippen LogP contribution < -0.4 is 5.73 Å². The van der Waals surface area contributed by atoms with Crippen molar-refractivity contribution in [1.82, 2.24) is 4.90 Å². The fourth-order valence-electron chi connectivity index (χ4n) is 2.24. The van der Waals surface area contributed by atoms with Gasteiger partial charge in [-0.3, -0.25) is 4.79 Å². The maximum atomic E-state index is 12.2. The van der Waals surface area contributed by atoms with E-state index in [0.29, 0.717) is 12.5 Å². The third-order valence-electron chi connectivity index (χ3n) is 4.05. The number of amides is 1. The Morgan fingerprint density at radius 3 is 2.60 bits per heavy atom. The largest absolute Gasteiger partial charge is 0.376 e. The van der Waals surface area contributed by atoms with Gasteiger partial charge in [-0.1, -0.05) is 34.1 Å². The predicted octanol–water partition coefficient (Wildman–Crippen LogP) is 2.45. The lowest BCUT2D eigenvalue weighted by Crippen LogP contribution is -2.46. The zero-order valence-corrected chi connectivity index (χ0v) is 14.1. The second-order valence-electron chi connectivity index (χ2n) is 6.16. The minimum Gasteiger partial charge on any atom is -0.376 e. The van der Waals surface area contributed by atoms with Gasteiger partial charge in [-0.2, -0.15) is 0 Å². The number of halogens is 1. The van der Waals surface area contributed by atoms with Crippen LogP contribution in [0.2, 0.25) is 0 Å². The molecule has 3 atom stereocenters. The molecule has 0 saturated carbocycles. The van der Waals surface area contributed by atoms with Crippen molar-refractivity contribution in [1.29, 1.82) is 0 Å². The molecule has 0 bridgehead atoms. The minimum atomic E-state index is -0.362. The number of hydrogen-bond donors (Lipinski definition) is 1. The van der Waals surface area contributed by atoms with E-state index >= 15 is 0 Å². The fourth-order valence-corrected chi connectivity index (χ4v) is 2.24. The molecule has 1 rings (SSSR count). The molecule has 0 aromatic heterocycles.